The van der Waals surface area contributed by atoms with E-state index in [1.807, 2.05) is 54.6 Å². The summed E-state index contributed by atoms with van der Waals surface area (Å²) in [5.41, 5.74) is 6.16. The highest BCUT2D eigenvalue weighted by molar-refractivity contribution is 6.05. The molecule has 1 amide bonds. The molecule has 0 saturated heterocycles. The minimum atomic E-state index is -0.323. The van der Waals surface area contributed by atoms with E-state index in [4.69, 9.17) is 10.1 Å². The first kappa shape index (κ1) is 20.5. The average Bonchev–Trinajstić information content (AvgIpc) is 3.44. The predicted molar refractivity (Wildman–Crippen MR) is 131 cm³/mol. The first-order valence-corrected chi connectivity index (χ1v) is 10.8. The molecule has 10 heteroatoms. The Bertz CT molecular complexity index is 1720. The number of fused-ring (bicyclic) bond motifs is 4. The second kappa shape index (κ2) is 8.34. The number of para-hydroxylation sites is 1. The van der Waals surface area contributed by atoms with Gasteiger partial charge in [0.2, 0.25) is 0 Å². The summed E-state index contributed by atoms with van der Waals surface area (Å²) in [5.74, 6) is 0.770. The van der Waals surface area contributed by atoms with Crippen LogP contribution >= 0.6 is 0 Å². The Morgan fingerprint density at radius 2 is 1.74 bits per heavy atom. The Morgan fingerprint density at radius 1 is 0.971 bits per heavy atom. The highest BCUT2D eigenvalue weighted by Gasteiger charge is 2.19. The third-order valence-corrected chi connectivity index (χ3v) is 5.58. The SMILES string of the molecule is O=C(Cn1c2ccccc2c2nn3c(-c4ccccc4)nnc3nc21)NN=Cc1ccc(O)cc1. The number of phenols is 1. The van der Waals surface area contributed by atoms with Crippen LogP contribution in [0.3, 0.4) is 0 Å². The second-order valence-corrected chi connectivity index (χ2v) is 7.87. The van der Waals surface area contributed by atoms with Crippen LogP contribution in [-0.4, -0.2) is 46.6 Å². The number of hydrogen-bond acceptors (Lipinski definition) is 7. The van der Waals surface area contributed by atoms with Crippen LogP contribution < -0.4 is 5.43 Å². The van der Waals surface area contributed by atoms with E-state index in [1.165, 1.54) is 6.21 Å². The molecule has 35 heavy (non-hydrogen) atoms. The van der Waals surface area contributed by atoms with Crippen LogP contribution in [-0.2, 0) is 11.3 Å². The summed E-state index contributed by atoms with van der Waals surface area (Å²) in [6.07, 6.45) is 1.51. The van der Waals surface area contributed by atoms with Crippen LogP contribution in [0.4, 0.5) is 0 Å². The number of carbonyl (C=O) groups is 1. The lowest BCUT2D eigenvalue weighted by molar-refractivity contribution is -0.121. The van der Waals surface area contributed by atoms with Gasteiger partial charge in [-0.2, -0.15) is 19.7 Å². The molecule has 3 aromatic carbocycles. The predicted octanol–water partition coefficient (Wildman–Crippen LogP) is 3.15. The number of rotatable bonds is 5. The van der Waals surface area contributed by atoms with Crippen LogP contribution in [0.2, 0.25) is 0 Å². The molecule has 2 N–H and O–H groups in total. The summed E-state index contributed by atoms with van der Waals surface area (Å²) in [6.45, 7) is -0.0124. The minimum absolute atomic E-state index is 0.0124. The molecule has 0 aliphatic carbocycles. The lowest BCUT2D eigenvalue weighted by Crippen LogP contribution is -2.23. The number of hydrogen-bond donors (Lipinski definition) is 2. The molecule has 0 aliphatic heterocycles. The number of nitrogens with zero attached hydrogens (tertiary/aromatic N) is 7. The van der Waals surface area contributed by atoms with E-state index in [9.17, 15) is 9.90 Å². The fraction of sp³-hybridized carbons (Fsp3) is 0.0400. The van der Waals surface area contributed by atoms with Crippen molar-refractivity contribution in [3.63, 3.8) is 0 Å². The van der Waals surface area contributed by atoms with Gasteiger partial charge in [-0.25, -0.2) is 5.43 Å². The van der Waals surface area contributed by atoms with Gasteiger partial charge in [-0.1, -0.05) is 48.5 Å². The van der Waals surface area contributed by atoms with Gasteiger partial charge < -0.3 is 9.67 Å². The summed E-state index contributed by atoms with van der Waals surface area (Å²) in [5, 5.41) is 27.6. The van der Waals surface area contributed by atoms with Gasteiger partial charge in [0.25, 0.3) is 11.7 Å². The van der Waals surface area contributed by atoms with E-state index >= 15 is 0 Å². The maximum absolute atomic E-state index is 12.7. The molecule has 0 radical (unpaired) electrons. The number of amides is 1. The standard InChI is InChI=1S/C25H18N8O2/c34-18-12-10-16(11-13-18)14-26-28-21(35)15-32-20-9-5-4-8-19(20)22-24(32)27-25-30-29-23(33(25)31-22)17-6-2-1-3-7-17/h1-14,34H,15H2,(H,28,35). The van der Waals surface area contributed by atoms with Crippen LogP contribution in [0.5, 0.6) is 5.75 Å². The van der Waals surface area contributed by atoms with E-state index in [0.717, 1.165) is 22.0 Å². The maximum atomic E-state index is 12.7. The van der Waals surface area contributed by atoms with E-state index in [-0.39, 0.29) is 18.2 Å². The highest BCUT2D eigenvalue weighted by atomic mass is 16.3. The number of carbonyl (C=O) groups excluding carboxylic acids is 1. The maximum Gasteiger partial charge on any atom is 0.274 e. The molecule has 10 nitrogen and oxygen atoms in total. The average molecular weight is 462 g/mol. The van der Waals surface area contributed by atoms with Gasteiger partial charge in [0.1, 0.15) is 17.8 Å². The van der Waals surface area contributed by atoms with Crippen molar-refractivity contribution < 1.29 is 9.90 Å². The van der Waals surface area contributed by atoms with E-state index in [1.54, 1.807) is 33.3 Å². The van der Waals surface area contributed by atoms with E-state index in [2.05, 4.69) is 20.7 Å². The molecule has 170 valence electrons. The van der Waals surface area contributed by atoms with Crippen molar-refractivity contribution in [2.45, 2.75) is 6.54 Å². The van der Waals surface area contributed by atoms with Crippen LogP contribution in [0.1, 0.15) is 5.56 Å². The molecule has 0 atom stereocenters. The van der Waals surface area contributed by atoms with Crippen molar-refractivity contribution >= 4 is 40.0 Å². The molecule has 0 fully saturated rings. The Kier molecular flexibility index (Phi) is 4.88. The number of phenolic OH excluding ortho intramolecular Hbond substituents is 1. The van der Waals surface area contributed by atoms with Crippen molar-refractivity contribution in [2.75, 3.05) is 0 Å². The summed E-state index contributed by atoms with van der Waals surface area (Å²) in [6, 6.07) is 23.9. The summed E-state index contributed by atoms with van der Waals surface area (Å²) in [4.78, 5) is 17.4. The van der Waals surface area contributed by atoms with Gasteiger partial charge in [0.05, 0.1) is 11.7 Å². The molecule has 6 rings (SSSR count). The third-order valence-electron chi connectivity index (χ3n) is 5.58. The lowest BCUT2D eigenvalue weighted by Gasteiger charge is -2.05. The van der Waals surface area contributed by atoms with Gasteiger partial charge in [0, 0.05) is 10.9 Å². The molecule has 3 aromatic heterocycles. The number of nitrogens with one attached hydrogen (secondary N) is 1. The first-order valence-electron chi connectivity index (χ1n) is 10.8. The van der Waals surface area contributed by atoms with Crippen molar-refractivity contribution in [3.05, 3.63) is 84.4 Å². The van der Waals surface area contributed by atoms with E-state index in [0.29, 0.717) is 22.8 Å². The molecule has 0 unspecified atom stereocenters. The molecule has 0 aliphatic rings. The number of aromatic hydroxyl groups is 1. The van der Waals surface area contributed by atoms with Gasteiger partial charge >= 0.3 is 0 Å². The normalized spacial score (nSPS) is 11.7. The monoisotopic (exact) mass is 462 g/mol. The van der Waals surface area contributed by atoms with Gasteiger partial charge in [-0.15, -0.1) is 10.2 Å². The van der Waals surface area contributed by atoms with Crippen molar-refractivity contribution in [2.24, 2.45) is 5.10 Å². The second-order valence-electron chi connectivity index (χ2n) is 7.87. The zero-order chi connectivity index (χ0) is 23.8. The first-order chi connectivity index (χ1) is 17.2. The molecule has 3 heterocycles. The van der Waals surface area contributed by atoms with Gasteiger partial charge in [-0.05, 0) is 35.9 Å². The van der Waals surface area contributed by atoms with Crippen LogP contribution in [0.25, 0.3) is 39.2 Å². The quantitative estimate of drug-likeness (QED) is 0.300. The largest absolute Gasteiger partial charge is 0.508 e. The number of aromatic nitrogens is 6. The smallest absolute Gasteiger partial charge is 0.274 e. The molecular formula is C25H18N8O2. The lowest BCUT2D eigenvalue weighted by atomic mass is 10.2. The Labute approximate surface area is 198 Å². The van der Waals surface area contributed by atoms with Crippen molar-refractivity contribution in [3.8, 4) is 17.1 Å². The zero-order valence-corrected chi connectivity index (χ0v) is 18.3. The van der Waals surface area contributed by atoms with Crippen molar-refractivity contribution in [1.82, 2.24) is 34.8 Å². The summed E-state index contributed by atoms with van der Waals surface area (Å²) < 4.78 is 3.41. The number of hydrazone groups is 1. The Morgan fingerprint density at radius 3 is 2.57 bits per heavy atom. The Balaban J connectivity index is 1.37. The van der Waals surface area contributed by atoms with Crippen LogP contribution in [0.15, 0.2) is 84.0 Å². The zero-order valence-electron chi connectivity index (χ0n) is 18.3. The molecule has 0 saturated carbocycles. The molecule has 0 bridgehead atoms. The highest BCUT2D eigenvalue weighted by Crippen LogP contribution is 2.27. The van der Waals surface area contributed by atoms with Gasteiger partial charge in [0.15, 0.2) is 11.5 Å². The fourth-order valence-corrected chi connectivity index (χ4v) is 3.96. The molecule has 0 spiro atoms. The fourth-order valence-electron chi connectivity index (χ4n) is 3.96. The molecule has 6 aromatic rings. The topological polar surface area (TPSA) is 123 Å². The van der Waals surface area contributed by atoms with E-state index < -0.39 is 0 Å². The summed E-state index contributed by atoms with van der Waals surface area (Å²) >= 11 is 0. The molecular weight excluding hydrogens is 444 g/mol. The minimum Gasteiger partial charge on any atom is -0.508 e. The number of benzene rings is 3. The summed E-state index contributed by atoms with van der Waals surface area (Å²) in [7, 11) is 0. The van der Waals surface area contributed by atoms with Crippen LogP contribution in [0, 0.1) is 0 Å². The van der Waals surface area contributed by atoms with Crippen molar-refractivity contribution in [1.29, 1.82) is 0 Å². The van der Waals surface area contributed by atoms with Gasteiger partial charge in [-0.3, -0.25) is 4.79 Å². The Hall–Kier alpha value is -5.12. The third kappa shape index (κ3) is 3.72.